The van der Waals surface area contributed by atoms with Gasteiger partial charge in [0.25, 0.3) is 0 Å². The van der Waals surface area contributed by atoms with Gasteiger partial charge in [0, 0.05) is 18.8 Å². The molecule has 1 amide bonds. The maximum atomic E-state index is 11.6. The molecule has 0 aromatic rings. The third-order valence-electron chi connectivity index (χ3n) is 2.44. The third-order valence-corrected chi connectivity index (χ3v) is 3.31. The molecule has 0 aliphatic heterocycles. The second-order valence-corrected chi connectivity index (χ2v) is 4.60. The number of hydrogen-bond acceptors (Lipinski definition) is 3. The zero-order chi connectivity index (χ0) is 10.4. The van der Waals surface area contributed by atoms with Crippen LogP contribution in [0, 0.1) is 17.8 Å². The minimum atomic E-state index is -0.225. The molecule has 0 heterocycles. The first kappa shape index (κ1) is 11.4. The average molecular weight is 212 g/mol. The van der Waals surface area contributed by atoms with E-state index in [4.69, 9.17) is 12.2 Å². The van der Waals surface area contributed by atoms with E-state index in [0.717, 1.165) is 18.6 Å². The van der Waals surface area contributed by atoms with Crippen LogP contribution in [0.3, 0.4) is 0 Å². The van der Waals surface area contributed by atoms with Gasteiger partial charge in [-0.2, -0.15) is 0 Å². The van der Waals surface area contributed by atoms with Crippen molar-refractivity contribution in [2.24, 2.45) is 11.1 Å². The standard InChI is InChI=1S/C10H16N2OS/c1-2-6-14-7-5-12-9(13)10(8-11)3-4-10/h1H,3-8,11H2,(H,12,13). The predicted octanol–water partition coefficient (Wildman–Crippen LogP) is 0.208. The van der Waals surface area contributed by atoms with E-state index in [-0.39, 0.29) is 11.3 Å². The number of nitrogens with two attached hydrogens (primary N) is 1. The highest BCUT2D eigenvalue weighted by Gasteiger charge is 2.48. The van der Waals surface area contributed by atoms with E-state index in [9.17, 15) is 4.79 Å². The number of amides is 1. The summed E-state index contributed by atoms with van der Waals surface area (Å²) < 4.78 is 0. The van der Waals surface area contributed by atoms with Crippen molar-refractivity contribution in [3.63, 3.8) is 0 Å². The maximum Gasteiger partial charge on any atom is 0.227 e. The number of hydrogen-bond donors (Lipinski definition) is 2. The van der Waals surface area contributed by atoms with Crippen LogP contribution in [0.4, 0.5) is 0 Å². The number of nitrogens with one attached hydrogen (secondary N) is 1. The van der Waals surface area contributed by atoms with Crippen LogP contribution in [0.5, 0.6) is 0 Å². The quantitative estimate of drug-likeness (QED) is 0.489. The van der Waals surface area contributed by atoms with E-state index < -0.39 is 0 Å². The Bertz CT molecular complexity index is 243. The Hall–Kier alpha value is -0.660. The minimum absolute atomic E-state index is 0.112. The summed E-state index contributed by atoms with van der Waals surface area (Å²) in [4.78, 5) is 11.6. The van der Waals surface area contributed by atoms with E-state index in [0.29, 0.717) is 18.8 Å². The second-order valence-electron chi connectivity index (χ2n) is 3.50. The normalized spacial score (nSPS) is 17.1. The third kappa shape index (κ3) is 2.93. The average Bonchev–Trinajstić information content (AvgIpc) is 2.98. The van der Waals surface area contributed by atoms with Crippen LogP contribution in [0.2, 0.25) is 0 Å². The van der Waals surface area contributed by atoms with Crippen LogP contribution in [0.15, 0.2) is 0 Å². The van der Waals surface area contributed by atoms with Crippen molar-refractivity contribution in [1.82, 2.24) is 5.32 Å². The number of thioether (sulfide) groups is 1. The first-order chi connectivity index (χ1) is 6.75. The molecule has 1 aliphatic rings. The molecule has 0 saturated heterocycles. The summed E-state index contributed by atoms with van der Waals surface area (Å²) in [5.74, 6) is 4.23. The van der Waals surface area contributed by atoms with Gasteiger partial charge in [0.15, 0.2) is 0 Å². The first-order valence-corrected chi connectivity index (χ1v) is 5.90. The summed E-state index contributed by atoms with van der Waals surface area (Å²) in [5, 5.41) is 2.89. The van der Waals surface area contributed by atoms with Crippen LogP contribution >= 0.6 is 11.8 Å². The van der Waals surface area contributed by atoms with Gasteiger partial charge in [0.1, 0.15) is 0 Å². The van der Waals surface area contributed by atoms with Crippen LogP contribution in [-0.2, 0) is 4.79 Å². The molecule has 3 N–H and O–H groups in total. The van der Waals surface area contributed by atoms with Crippen LogP contribution < -0.4 is 11.1 Å². The SMILES string of the molecule is C#CCSCCNC(=O)C1(CN)CC1. The Kier molecular flexibility index (Phi) is 4.30. The van der Waals surface area contributed by atoms with E-state index in [1.807, 2.05) is 0 Å². The molecule has 0 aromatic carbocycles. The molecule has 1 saturated carbocycles. The predicted molar refractivity (Wildman–Crippen MR) is 59.9 cm³/mol. The summed E-state index contributed by atoms with van der Waals surface area (Å²) in [7, 11) is 0. The topological polar surface area (TPSA) is 55.1 Å². The molecule has 0 atom stereocenters. The van der Waals surface area contributed by atoms with Crippen molar-refractivity contribution >= 4 is 17.7 Å². The fourth-order valence-electron chi connectivity index (χ4n) is 1.23. The van der Waals surface area contributed by atoms with Gasteiger partial charge in [0.05, 0.1) is 11.2 Å². The van der Waals surface area contributed by atoms with Crippen molar-refractivity contribution in [2.75, 3.05) is 24.6 Å². The molecule has 0 bridgehead atoms. The highest BCUT2D eigenvalue weighted by Crippen LogP contribution is 2.44. The van der Waals surface area contributed by atoms with Gasteiger partial charge < -0.3 is 11.1 Å². The van der Waals surface area contributed by atoms with Gasteiger partial charge in [-0.25, -0.2) is 0 Å². The van der Waals surface area contributed by atoms with Gasteiger partial charge in [-0.1, -0.05) is 5.92 Å². The summed E-state index contributed by atoms with van der Waals surface area (Å²) in [6, 6.07) is 0. The fourth-order valence-corrected chi connectivity index (χ4v) is 1.74. The van der Waals surface area contributed by atoms with E-state index in [1.54, 1.807) is 11.8 Å². The van der Waals surface area contributed by atoms with Gasteiger partial charge in [0.2, 0.25) is 5.91 Å². The summed E-state index contributed by atoms with van der Waals surface area (Å²) >= 11 is 1.65. The Morgan fingerprint density at radius 3 is 2.86 bits per heavy atom. The zero-order valence-electron chi connectivity index (χ0n) is 8.21. The Morgan fingerprint density at radius 1 is 1.64 bits per heavy atom. The molecule has 0 unspecified atom stereocenters. The molecule has 1 aliphatic carbocycles. The van der Waals surface area contributed by atoms with Crippen LogP contribution in [-0.4, -0.2) is 30.5 Å². The Labute approximate surface area is 89.2 Å². The molecule has 0 aromatic heterocycles. The number of rotatable bonds is 6. The minimum Gasteiger partial charge on any atom is -0.355 e. The molecule has 1 rings (SSSR count). The summed E-state index contributed by atoms with van der Waals surface area (Å²) in [5.41, 5.74) is 5.30. The molecule has 78 valence electrons. The van der Waals surface area contributed by atoms with Gasteiger partial charge in [-0.3, -0.25) is 4.79 Å². The Morgan fingerprint density at radius 2 is 2.36 bits per heavy atom. The molecule has 0 spiro atoms. The van der Waals surface area contributed by atoms with E-state index >= 15 is 0 Å². The monoisotopic (exact) mass is 212 g/mol. The molecule has 1 fully saturated rings. The maximum absolute atomic E-state index is 11.6. The highest BCUT2D eigenvalue weighted by atomic mass is 32.2. The number of terminal acetylenes is 1. The molecule has 0 radical (unpaired) electrons. The lowest BCUT2D eigenvalue weighted by molar-refractivity contribution is -0.125. The van der Waals surface area contributed by atoms with E-state index in [1.165, 1.54) is 0 Å². The summed E-state index contributed by atoms with van der Waals surface area (Å²) in [6.45, 7) is 1.16. The summed E-state index contributed by atoms with van der Waals surface area (Å²) in [6.07, 6.45) is 6.97. The van der Waals surface area contributed by atoms with E-state index in [2.05, 4.69) is 11.2 Å². The molecular weight excluding hydrogens is 196 g/mol. The van der Waals surface area contributed by atoms with Crippen molar-refractivity contribution in [3.05, 3.63) is 0 Å². The lowest BCUT2D eigenvalue weighted by atomic mass is 10.1. The van der Waals surface area contributed by atoms with Gasteiger partial charge >= 0.3 is 0 Å². The first-order valence-electron chi connectivity index (χ1n) is 4.75. The van der Waals surface area contributed by atoms with Crippen molar-refractivity contribution in [1.29, 1.82) is 0 Å². The van der Waals surface area contributed by atoms with Gasteiger partial charge in [-0.15, -0.1) is 18.2 Å². The molecule has 4 heteroatoms. The van der Waals surface area contributed by atoms with Crippen molar-refractivity contribution in [2.45, 2.75) is 12.8 Å². The molecule has 14 heavy (non-hydrogen) atoms. The lowest BCUT2D eigenvalue weighted by Gasteiger charge is -2.11. The van der Waals surface area contributed by atoms with Crippen molar-refractivity contribution in [3.8, 4) is 12.3 Å². The molecule has 3 nitrogen and oxygen atoms in total. The lowest BCUT2D eigenvalue weighted by Crippen LogP contribution is -2.37. The largest absolute Gasteiger partial charge is 0.355 e. The fraction of sp³-hybridized carbons (Fsp3) is 0.700. The molecular formula is C10H16N2OS. The van der Waals surface area contributed by atoms with Crippen molar-refractivity contribution < 1.29 is 4.79 Å². The number of carbonyl (C=O) groups is 1. The number of carbonyl (C=O) groups excluding carboxylic acids is 1. The Balaban J connectivity index is 2.08. The van der Waals surface area contributed by atoms with Gasteiger partial charge in [-0.05, 0) is 12.8 Å². The van der Waals surface area contributed by atoms with Crippen LogP contribution in [0.1, 0.15) is 12.8 Å². The second kappa shape index (κ2) is 5.28. The smallest absolute Gasteiger partial charge is 0.227 e. The highest BCUT2D eigenvalue weighted by molar-refractivity contribution is 7.99. The van der Waals surface area contributed by atoms with Crippen LogP contribution in [0.25, 0.3) is 0 Å². The zero-order valence-corrected chi connectivity index (χ0v) is 9.03.